The molecule has 0 aliphatic rings. The van der Waals surface area contributed by atoms with E-state index < -0.39 is 0 Å². The Hall–Kier alpha value is -2.06. The lowest BCUT2D eigenvalue weighted by atomic mass is 10.2. The Morgan fingerprint density at radius 3 is 2.70 bits per heavy atom. The zero-order chi connectivity index (χ0) is 20.9. The second-order valence-corrected chi connectivity index (χ2v) is 8.95. The lowest BCUT2D eigenvalue weighted by molar-refractivity contribution is 0.288. The quantitative estimate of drug-likeness (QED) is 0.268. The van der Waals surface area contributed by atoms with Crippen LogP contribution in [0, 0.1) is 0 Å². The van der Waals surface area contributed by atoms with Crippen molar-refractivity contribution in [3.05, 3.63) is 75.5 Å². The van der Waals surface area contributed by atoms with Gasteiger partial charge in [0.2, 0.25) is 0 Å². The van der Waals surface area contributed by atoms with Crippen molar-refractivity contribution in [2.45, 2.75) is 31.0 Å². The van der Waals surface area contributed by atoms with E-state index in [0.29, 0.717) is 15.8 Å². The van der Waals surface area contributed by atoms with E-state index in [1.165, 1.54) is 0 Å². The Balaban J connectivity index is 1.41. The zero-order valence-corrected chi connectivity index (χ0v) is 19.2. The van der Waals surface area contributed by atoms with Crippen LogP contribution >= 0.6 is 46.3 Å². The highest BCUT2D eigenvalue weighted by Crippen LogP contribution is 2.29. The van der Waals surface area contributed by atoms with Crippen LogP contribution < -0.4 is 4.74 Å². The highest BCUT2D eigenvalue weighted by molar-refractivity contribution is 7.98. The van der Waals surface area contributed by atoms with E-state index >= 15 is 0 Å². The molecule has 30 heavy (non-hydrogen) atoms. The maximum absolute atomic E-state index is 6.18. The first-order valence-electron chi connectivity index (χ1n) is 9.26. The van der Waals surface area contributed by atoms with E-state index in [4.69, 9.17) is 32.9 Å². The summed E-state index contributed by atoms with van der Waals surface area (Å²) in [7, 11) is 0. The third-order valence-corrected chi connectivity index (χ3v) is 6.75. The maximum atomic E-state index is 6.18. The van der Waals surface area contributed by atoms with Crippen molar-refractivity contribution < 1.29 is 4.74 Å². The minimum Gasteiger partial charge on any atom is -0.484 e. The summed E-state index contributed by atoms with van der Waals surface area (Å²) < 4.78 is 7.86. The predicted molar refractivity (Wildman–Crippen MR) is 124 cm³/mol. The number of benzene rings is 2. The van der Waals surface area contributed by atoms with Gasteiger partial charge in [0.05, 0.1) is 10.7 Å². The van der Waals surface area contributed by atoms with Gasteiger partial charge in [-0.25, -0.2) is 4.98 Å². The van der Waals surface area contributed by atoms with Gasteiger partial charge >= 0.3 is 0 Å². The molecule has 0 saturated heterocycles. The minimum absolute atomic E-state index is 0.275. The van der Waals surface area contributed by atoms with Crippen LogP contribution in [0.15, 0.2) is 59.1 Å². The maximum Gasteiger partial charge on any atom is 0.191 e. The van der Waals surface area contributed by atoms with Gasteiger partial charge in [-0.3, -0.25) is 0 Å². The molecule has 0 bridgehead atoms. The molecular formula is C21H18Cl2N4OS2. The first-order chi connectivity index (χ1) is 14.6. The molecule has 2 aromatic heterocycles. The molecule has 4 aromatic rings. The third kappa shape index (κ3) is 4.98. The molecule has 0 amide bonds. The van der Waals surface area contributed by atoms with Crippen LogP contribution in [0.4, 0.5) is 0 Å². The molecule has 0 aliphatic heterocycles. The SMILES string of the molecule is CCn1c(COc2ccc(Cl)cc2Cl)nnc1SCc1csc(-c2ccccc2)n1. The van der Waals surface area contributed by atoms with Crippen LogP contribution in [0.5, 0.6) is 5.75 Å². The highest BCUT2D eigenvalue weighted by atomic mass is 35.5. The van der Waals surface area contributed by atoms with E-state index in [1.54, 1.807) is 41.3 Å². The van der Waals surface area contributed by atoms with Crippen LogP contribution in [-0.2, 0) is 18.9 Å². The van der Waals surface area contributed by atoms with E-state index in [0.717, 1.165) is 39.5 Å². The summed E-state index contributed by atoms with van der Waals surface area (Å²) in [6.07, 6.45) is 0. The average Bonchev–Trinajstić information content (AvgIpc) is 3.39. The number of halogens is 2. The summed E-state index contributed by atoms with van der Waals surface area (Å²) in [6, 6.07) is 15.3. The second-order valence-electron chi connectivity index (χ2n) is 6.31. The molecule has 0 spiro atoms. The first-order valence-corrected chi connectivity index (χ1v) is 11.9. The van der Waals surface area contributed by atoms with Crippen molar-refractivity contribution in [2.75, 3.05) is 0 Å². The molecule has 0 saturated carbocycles. The summed E-state index contributed by atoms with van der Waals surface area (Å²) >= 11 is 15.4. The van der Waals surface area contributed by atoms with Gasteiger partial charge < -0.3 is 9.30 Å². The van der Waals surface area contributed by atoms with Crippen LogP contribution in [0.1, 0.15) is 18.4 Å². The largest absolute Gasteiger partial charge is 0.484 e. The fourth-order valence-electron chi connectivity index (χ4n) is 2.81. The van der Waals surface area contributed by atoms with Gasteiger partial charge in [0.1, 0.15) is 17.4 Å². The van der Waals surface area contributed by atoms with E-state index in [-0.39, 0.29) is 6.61 Å². The Labute approximate surface area is 193 Å². The van der Waals surface area contributed by atoms with Crippen LogP contribution in [-0.4, -0.2) is 19.7 Å². The fourth-order valence-corrected chi connectivity index (χ4v) is 5.12. The molecule has 5 nitrogen and oxygen atoms in total. The molecule has 0 atom stereocenters. The Morgan fingerprint density at radius 2 is 1.93 bits per heavy atom. The zero-order valence-electron chi connectivity index (χ0n) is 16.1. The summed E-state index contributed by atoms with van der Waals surface area (Å²) in [5.74, 6) is 2.04. The van der Waals surface area contributed by atoms with Gasteiger partial charge in [0.15, 0.2) is 11.0 Å². The van der Waals surface area contributed by atoms with Crippen molar-refractivity contribution >= 4 is 46.3 Å². The van der Waals surface area contributed by atoms with Crippen LogP contribution in [0.25, 0.3) is 10.6 Å². The highest BCUT2D eigenvalue weighted by Gasteiger charge is 2.14. The van der Waals surface area contributed by atoms with E-state index in [1.807, 2.05) is 22.8 Å². The molecule has 0 radical (unpaired) electrons. The van der Waals surface area contributed by atoms with E-state index in [2.05, 4.69) is 34.6 Å². The molecule has 2 heterocycles. The second kappa shape index (κ2) is 9.83. The van der Waals surface area contributed by atoms with Crippen LogP contribution in [0.3, 0.4) is 0 Å². The number of nitrogens with zero attached hydrogens (tertiary/aromatic N) is 4. The molecule has 0 aliphatic carbocycles. The Kier molecular flexibility index (Phi) is 6.94. The first kappa shape index (κ1) is 21.2. The van der Waals surface area contributed by atoms with Gasteiger partial charge in [-0.05, 0) is 25.1 Å². The minimum atomic E-state index is 0.275. The van der Waals surface area contributed by atoms with Crippen molar-refractivity contribution in [1.29, 1.82) is 0 Å². The smallest absolute Gasteiger partial charge is 0.191 e. The number of hydrogen-bond donors (Lipinski definition) is 0. The van der Waals surface area contributed by atoms with Crippen LogP contribution in [0.2, 0.25) is 10.0 Å². The molecule has 2 aromatic carbocycles. The van der Waals surface area contributed by atoms with Gasteiger partial charge in [0.25, 0.3) is 0 Å². The number of rotatable bonds is 8. The molecule has 154 valence electrons. The van der Waals surface area contributed by atoms with Gasteiger partial charge in [-0.1, -0.05) is 65.3 Å². The standard InChI is InChI=1S/C21H18Cl2N4OS2/c1-2-27-19(11-28-18-9-8-15(22)10-17(18)23)25-26-21(27)30-13-16-12-29-20(24-16)14-6-4-3-5-7-14/h3-10,12H,2,11,13H2,1H3. The summed E-state index contributed by atoms with van der Waals surface area (Å²) in [4.78, 5) is 4.74. The summed E-state index contributed by atoms with van der Waals surface area (Å²) in [5, 5.41) is 13.6. The lowest BCUT2D eigenvalue weighted by Gasteiger charge is -2.10. The molecular weight excluding hydrogens is 459 g/mol. The van der Waals surface area contributed by atoms with Gasteiger partial charge in [-0.15, -0.1) is 21.5 Å². The van der Waals surface area contributed by atoms with Crippen molar-refractivity contribution in [1.82, 2.24) is 19.7 Å². The molecule has 0 unspecified atom stereocenters. The average molecular weight is 477 g/mol. The Morgan fingerprint density at radius 1 is 1.10 bits per heavy atom. The molecule has 0 fully saturated rings. The monoisotopic (exact) mass is 476 g/mol. The topological polar surface area (TPSA) is 52.8 Å². The summed E-state index contributed by atoms with van der Waals surface area (Å²) in [6.45, 7) is 3.08. The number of ether oxygens (including phenoxy) is 1. The lowest BCUT2D eigenvalue weighted by Crippen LogP contribution is -2.07. The fraction of sp³-hybridized carbons (Fsp3) is 0.190. The van der Waals surface area contributed by atoms with Gasteiger partial charge in [-0.2, -0.15) is 0 Å². The van der Waals surface area contributed by atoms with Crippen molar-refractivity contribution in [3.63, 3.8) is 0 Å². The third-order valence-electron chi connectivity index (χ3n) is 4.28. The van der Waals surface area contributed by atoms with Crippen molar-refractivity contribution in [3.8, 4) is 16.3 Å². The molecule has 9 heteroatoms. The number of aromatic nitrogens is 4. The summed E-state index contributed by atoms with van der Waals surface area (Å²) in [5.41, 5.74) is 2.16. The normalized spacial score (nSPS) is 11.0. The van der Waals surface area contributed by atoms with Gasteiger partial charge in [0, 0.05) is 28.3 Å². The molecule has 0 N–H and O–H groups in total. The number of hydrogen-bond acceptors (Lipinski definition) is 6. The van der Waals surface area contributed by atoms with Crippen molar-refractivity contribution in [2.24, 2.45) is 0 Å². The van der Waals surface area contributed by atoms with E-state index in [9.17, 15) is 0 Å². The number of thiazole rings is 1. The number of thioether (sulfide) groups is 1. The molecule has 4 rings (SSSR count). The Bertz CT molecular complexity index is 1130. The predicted octanol–water partition coefficient (Wildman–Crippen LogP) is 6.60.